The summed E-state index contributed by atoms with van der Waals surface area (Å²) in [5.74, 6) is 1.07. The van der Waals surface area contributed by atoms with Gasteiger partial charge in [0, 0.05) is 11.8 Å². The van der Waals surface area contributed by atoms with Gasteiger partial charge in [-0.3, -0.25) is 4.98 Å². The van der Waals surface area contributed by atoms with Crippen molar-refractivity contribution < 1.29 is 4.40 Å². The van der Waals surface area contributed by atoms with Crippen LogP contribution >= 0.6 is 0 Å². The van der Waals surface area contributed by atoms with Gasteiger partial charge >= 0.3 is 5.78 Å². The lowest BCUT2D eigenvalue weighted by Crippen LogP contribution is -2.17. The van der Waals surface area contributed by atoms with Crippen LogP contribution in [0.15, 0.2) is 49.1 Å². The van der Waals surface area contributed by atoms with Gasteiger partial charge in [0.05, 0.1) is 11.9 Å². The zero-order valence-electron chi connectivity index (χ0n) is 10.1. The molecule has 5 nitrogen and oxygen atoms in total. The quantitative estimate of drug-likeness (QED) is 0.387. The first-order valence-corrected chi connectivity index (χ1v) is 6.23. The van der Waals surface area contributed by atoms with Gasteiger partial charge < -0.3 is 0 Å². The van der Waals surface area contributed by atoms with E-state index in [1.807, 2.05) is 29.0 Å². The summed E-state index contributed by atoms with van der Waals surface area (Å²) in [6, 6.07) is 8.13. The Labute approximate surface area is 108 Å². The number of hydrogen-bond acceptors (Lipinski definition) is 2. The highest BCUT2D eigenvalue weighted by atomic mass is 15.3. The molecule has 5 heterocycles. The van der Waals surface area contributed by atoms with E-state index in [9.17, 15) is 0 Å². The fourth-order valence-electron chi connectivity index (χ4n) is 2.93. The van der Waals surface area contributed by atoms with Crippen molar-refractivity contribution in [1.82, 2.24) is 19.2 Å². The fraction of sp³-hybridized carbons (Fsp3) is 0.0714. The van der Waals surface area contributed by atoms with Gasteiger partial charge in [-0.25, -0.2) is 8.97 Å². The maximum atomic E-state index is 4.46. The number of nitrogens with zero attached hydrogens (tertiary/aromatic N) is 5. The molecule has 5 rings (SSSR count). The number of aromatic nitrogens is 5. The van der Waals surface area contributed by atoms with Crippen LogP contribution in [0.3, 0.4) is 0 Å². The smallest absolute Gasteiger partial charge is 0.257 e. The van der Waals surface area contributed by atoms with Gasteiger partial charge in [0.2, 0.25) is 0 Å². The Balaban J connectivity index is 1.94. The van der Waals surface area contributed by atoms with Crippen LogP contribution in [-0.2, 0) is 6.54 Å². The largest absolute Gasteiger partial charge is 0.394 e. The van der Waals surface area contributed by atoms with E-state index >= 15 is 0 Å². The number of pyridine rings is 1. The third-order valence-corrected chi connectivity index (χ3v) is 3.74. The highest BCUT2D eigenvalue weighted by Gasteiger charge is 2.30. The maximum absolute atomic E-state index is 4.46. The summed E-state index contributed by atoms with van der Waals surface area (Å²) in [7, 11) is 0. The van der Waals surface area contributed by atoms with Crippen molar-refractivity contribution in [3.8, 4) is 11.3 Å². The average molecular weight is 248 g/mol. The summed E-state index contributed by atoms with van der Waals surface area (Å²) in [5, 5.41) is 4.44. The third kappa shape index (κ3) is 1.03. The first-order valence-electron chi connectivity index (χ1n) is 6.23. The van der Waals surface area contributed by atoms with Gasteiger partial charge in [-0.15, -0.1) is 9.61 Å². The van der Waals surface area contributed by atoms with Crippen molar-refractivity contribution in [3.63, 3.8) is 0 Å². The SMILES string of the molecule is c1cnc2c(c1)-c1c[n+]3cc4cccnn4c3n1C2. The second-order valence-electron chi connectivity index (χ2n) is 4.79. The molecule has 4 aromatic heterocycles. The monoisotopic (exact) mass is 248 g/mol. The molecule has 0 saturated heterocycles. The van der Waals surface area contributed by atoms with Crippen LogP contribution in [0, 0.1) is 0 Å². The van der Waals surface area contributed by atoms with Crippen LogP contribution in [-0.4, -0.2) is 19.2 Å². The Morgan fingerprint density at radius 2 is 2.05 bits per heavy atom. The van der Waals surface area contributed by atoms with E-state index in [2.05, 4.69) is 43.6 Å². The van der Waals surface area contributed by atoms with E-state index in [0.29, 0.717) is 0 Å². The summed E-state index contributed by atoms with van der Waals surface area (Å²) in [6.07, 6.45) is 7.92. The molecule has 0 aromatic carbocycles. The predicted octanol–water partition coefficient (Wildman–Crippen LogP) is 1.30. The summed E-state index contributed by atoms with van der Waals surface area (Å²) >= 11 is 0. The van der Waals surface area contributed by atoms with Gasteiger partial charge in [0.1, 0.15) is 24.6 Å². The van der Waals surface area contributed by atoms with Gasteiger partial charge in [-0.2, -0.15) is 0 Å². The van der Waals surface area contributed by atoms with Crippen molar-refractivity contribution in [2.24, 2.45) is 0 Å². The van der Waals surface area contributed by atoms with Gasteiger partial charge in [0.25, 0.3) is 0 Å². The van der Waals surface area contributed by atoms with Gasteiger partial charge in [0.15, 0.2) is 5.52 Å². The second kappa shape index (κ2) is 3.00. The summed E-state index contributed by atoms with van der Waals surface area (Å²) in [4.78, 5) is 4.46. The van der Waals surface area contributed by atoms with E-state index in [0.717, 1.165) is 23.5 Å². The van der Waals surface area contributed by atoms with Crippen LogP contribution < -0.4 is 4.40 Å². The number of rotatable bonds is 0. The van der Waals surface area contributed by atoms with Gasteiger partial charge in [-0.1, -0.05) is 0 Å². The first kappa shape index (κ1) is 9.27. The zero-order chi connectivity index (χ0) is 12.4. The predicted molar refractivity (Wildman–Crippen MR) is 68.7 cm³/mol. The van der Waals surface area contributed by atoms with Crippen molar-refractivity contribution in [2.75, 3.05) is 0 Å². The van der Waals surface area contributed by atoms with E-state index in [1.165, 1.54) is 11.3 Å². The van der Waals surface area contributed by atoms with Crippen molar-refractivity contribution in [3.05, 3.63) is 54.7 Å². The lowest BCUT2D eigenvalue weighted by Gasteiger charge is -1.92. The minimum atomic E-state index is 0.810. The third-order valence-electron chi connectivity index (χ3n) is 3.74. The Kier molecular flexibility index (Phi) is 1.46. The Morgan fingerprint density at radius 1 is 1.11 bits per heavy atom. The molecule has 0 bridgehead atoms. The summed E-state index contributed by atoms with van der Waals surface area (Å²) < 4.78 is 6.36. The molecule has 0 radical (unpaired) electrons. The number of imidazole rings is 2. The molecule has 4 aromatic rings. The molecule has 5 heteroatoms. The topological polar surface area (TPSA) is 39.2 Å². The van der Waals surface area contributed by atoms with Crippen molar-refractivity contribution in [2.45, 2.75) is 6.54 Å². The van der Waals surface area contributed by atoms with E-state index in [-0.39, 0.29) is 0 Å². The Hall–Kier alpha value is -2.69. The van der Waals surface area contributed by atoms with Crippen molar-refractivity contribution >= 4 is 11.3 Å². The molecule has 0 atom stereocenters. The summed E-state index contributed by atoms with van der Waals surface area (Å²) in [6.45, 7) is 0.810. The molecule has 0 unspecified atom stereocenters. The molecule has 19 heavy (non-hydrogen) atoms. The molecule has 0 N–H and O–H groups in total. The molecule has 0 saturated carbocycles. The first-order chi connectivity index (χ1) is 9.42. The van der Waals surface area contributed by atoms with Crippen molar-refractivity contribution in [1.29, 1.82) is 0 Å². The molecular formula is C14H10N5+. The molecule has 1 aliphatic rings. The Morgan fingerprint density at radius 3 is 3.05 bits per heavy atom. The zero-order valence-corrected chi connectivity index (χ0v) is 10.1. The lowest BCUT2D eigenvalue weighted by molar-refractivity contribution is -0.508. The molecule has 90 valence electrons. The normalized spacial score (nSPS) is 13.1. The minimum Gasteiger partial charge on any atom is -0.257 e. The Bertz CT molecular complexity index is 947. The second-order valence-corrected chi connectivity index (χ2v) is 4.79. The van der Waals surface area contributed by atoms with Crippen LogP contribution in [0.5, 0.6) is 0 Å². The molecule has 0 spiro atoms. The van der Waals surface area contributed by atoms with E-state index in [4.69, 9.17) is 0 Å². The lowest BCUT2D eigenvalue weighted by atomic mass is 10.2. The standard InChI is InChI=1S/C14H10N5/c1-3-10-7-17-9-13-11-4-2-5-15-12(11)8-18(13)14(17)19(10)16-6-1/h1-7,9H,8H2/q+1. The average Bonchev–Trinajstić information content (AvgIpc) is 3.05. The fourth-order valence-corrected chi connectivity index (χ4v) is 2.93. The number of hydrogen-bond donors (Lipinski definition) is 0. The minimum absolute atomic E-state index is 0.810. The molecule has 1 aliphatic heterocycles. The molecule has 0 aliphatic carbocycles. The molecule has 0 amide bonds. The van der Waals surface area contributed by atoms with Crippen LogP contribution in [0.4, 0.5) is 0 Å². The number of fused-ring (bicyclic) bond motifs is 7. The molecule has 0 fully saturated rings. The van der Waals surface area contributed by atoms with E-state index in [1.54, 1.807) is 0 Å². The van der Waals surface area contributed by atoms with E-state index < -0.39 is 0 Å². The van der Waals surface area contributed by atoms with Gasteiger partial charge in [-0.05, 0) is 24.3 Å². The van der Waals surface area contributed by atoms with Crippen LogP contribution in [0.25, 0.3) is 22.6 Å². The maximum Gasteiger partial charge on any atom is 0.394 e. The molecular weight excluding hydrogens is 238 g/mol. The summed E-state index contributed by atoms with van der Waals surface area (Å²) in [5.41, 5.74) is 4.65. The highest BCUT2D eigenvalue weighted by Crippen LogP contribution is 2.30. The van der Waals surface area contributed by atoms with Crippen LogP contribution in [0.2, 0.25) is 0 Å². The van der Waals surface area contributed by atoms with Crippen LogP contribution in [0.1, 0.15) is 5.69 Å². The highest BCUT2D eigenvalue weighted by molar-refractivity contribution is 5.68.